The average molecular weight is 285 g/mol. The first-order chi connectivity index (χ1) is 7.08. The van der Waals surface area contributed by atoms with Gasteiger partial charge >= 0.3 is 0 Å². The van der Waals surface area contributed by atoms with E-state index in [1.807, 2.05) is 31.2 Å². The zero-order valence-electron chi connectivity index (χ0n) is 8.51. The molecule has 2 N–H and O–H groups in total. The molecule has 0 aromatic heterocycles. The molecular formula is C11H13BrN2S. The lowest BCUT2D eigenvalue weighted by Crippen LogP contribution is -2.29. The van der Waals surface area contributed by atoms with Crippen LogP contribution in [-0.2, 0) is 0 Å². The summed E-state index contributed by atoms with van der Waals surface area (Å²) >= 11 is 8.49. The van der Waals surface area contributed by atoms with Gasteiger partial charge in [-0.15, -0.1) is 0 Å². The smallest absolute Gasteiger partial charge is 0.171 e. The van der Waals surface area contributed by atoms with Crippen LogP contribution in [0.3, 0.4) is 0 Å². The van der Waals surface area contributed by atoms with E-state index >= 15 is 0 Å². The number of hydrogen-bond acceptors (Lipinski definition) is 1. The molecule has 0 fully saturated rings. The Labute approximate surface area is 104 Å². The molecule has 0 aliphatic heterocycles. The summed E-state index contributed by atoms with van der Waals surface area (Å²) < 4.78 is 1.05. The summed E-state index contributed by atoms with van der Waals surface area (Å²) in [5.74, 6) is 0. The Morgan fingerprint density at radius 1 is 1.40 bits per heavy atom. The second-order valence-corrected chi connectivity index (χ2v) is 4.60. The van der Waals surface area contributed by atoms with Crippen LogP contribution >= 0.6 is 28.1 Å². The molecule has 0 saturated heterocycles. The maximum absolute atomic E-state index is 5.11. The van der Waals surface area contributed by atoms with Crippen LogP contribution in [0.15, 0.2) is 40.9 Å². The molecule has 0 aliphatic carbocycles. The minimum absolute atomic E-state index is 0.611. The molecule has 4 heteroatoms. The Balaban J connectivity index is 2.44. The van der Waals surface area contributed by atoms with Crippen LogP contribution in [-0.4, -0.2) is 11.7 Å². The van der Waals surface area contributed by atoms with Gasteiger partial charge in [0.05, 0.1) is 0 Å². The number of halogens is 1. The fourth-order valence-corrected chi connectivity index (χ4v) is 1.39. The molecule has 0 unspecified atom stereocenters. The van der Waals surface area contributed by atoms with Crippen LogP contribution in [0.4, 0.5) is 5.69 Å². The van der Waals surface area contributed by atoms with E-state index in [1.54, 1.807) is 0 Å². The first-order valence-corrected chi connectivity index (χ1v) is 5.73. The highest BCUT2D eigenvalue weighted by molar-refractivity contribution is 9.10. The first kappa shape index (κ1) is 12.2. The van der Waals surface area contributed by atoms with E-state index in [2.05, 4.69) is 33.1 Å². The van der Waals surface area contributed by atoms with Crippen molar-refractivity contribution < 1.29 is 0 Å². The molecule has 0 spiro atoms. The summed E-state index contributed by atoms with van der Waals surface area (Å²) in [7, 11) is 0. The van der Waals surface area contributed by atoms with Crippen molar-refractivity contribution in [2.45, 2.75) is 6.92 Å². The summed E-state index contributed by atoms with van der Waals surface area (Å²) in [4.78, 5) is 0. The van der Waals surface area contributed by atoms with E-state index in [9.17, 15) is 0 Å². The molecule has 1 aromatic carbocycles. The predicted octanol–water partition coefficient (Wildman–Crippen LogP) is 3.31. The number of nitrogens with one attached hydrogen (secondary N) is 2. The molecule has 1 aromatic rings. The molecular weight excluding hydrogens is 272 g/mol. The van der Waals surface area contributed by atoms with Crippen molar-refractivity contribution in [1.82, 2.24) is 5.32 Å². The normalized spacial score (nSPS) is 9.47. The lowest BCUT2D eigenvalue weighted by atomic mass is 10.3. The Hall–Kier alpha value is -0.870. The lowest BCUT2D eigenvalue weighted by molar-refractivity contribution is 1.000. The summed E-state index contributed by atoms with van der Waals surface area (Å²) in [6.45, 7) is 6.44. The quantitative estimate of drug-likeness (QED) is 0.658. The first-order valence-electron chi connectivity index (χ1n) is 4.53. The zero-order chi connectivity index (χ0) is 11.3. The van der Waals surface area contributed by atoms with Crippen molar-refractivity contribution in [1.29, 1.82) is 0 Å². The fourth-order valence-electron chi connectivity index (χ4n) is 0.940. The van der Waals surface area contributed by atoms with Gasteiger partial charge in [-0.25, -0.2) is 0 Å². The van der Waals surface area contributed by atoms with Gasteiger partial charge in [0.25, 0.3) is 0 Å². The second-order valence-electron chi connectivity index (χ2n) is 3.27. The van der Waals surface area contributed by atoms with E-state index in [-0.39, 0.29) is 0 Å². The van der Waals surface area contributed by atoms with Gasteiger partial charge in [0.1, 0.15) is 0 Å². The van der Waals surface area contributed by atoms with Crippen LogP contribution in [0.25, 0.3) is 0 Å². The maximum Gasteiger partial charge on any atom is 0.171 e. The largest absolute Gasteiger partial charge is 0.359 e. The zero-order valence-corrected chi connectivity index (χ0v) is 10.9. The van der Waals surface area contributed by atoms with E-state index < -0.39 is 0 Å². The Morgan fingerprint density at radius 3 is 2.53 bits per heavy atom. The van der Waals surface area contributed by atoms with Crippen LogP contribution < -0.4 is 10.6 Å². The summed E-state index contributed by atoms with van der Waals surface area (Å²) in [5.41, 5.74) is 2.02. The molecule has 0 saturated carbocycles. The summed E-state index contributed by atoms with van der Waals surface area (Å²) in [6.07, 6.45) is 0. The van der Waals surface area contributed by atoms with Gasteiger partial charge in [-0.1, -0.05) is 28.1 Å². The number of anilines is 1. The Bertz CT molecular complexity index is 359. The highest BCUT2D eigenvalue weighted by atomic mass is 79.9. The standard InChI is InChI=1S/C11H13BrN2S/c1-8(2)7-13-11(15)14-10-5-3-9(12)4-6-10/h3-6H,1,7H2,2H3,(H2,13,14,15). The third-order valence-electron chi connectivity index (χ3n) is 1.65. The highest BCUT2D eigenvalue weighted by Gasteiger charge is 1.96. The molecule has 80 valence electrons. The minimum atomic E-state index is 0.611. The van der Waals surface area contributed by atoms with Crippen molar-refractivity contribution in [3.05, 3.63) is 40.9 Å². The SMILES string of the molecule is C=C(C)CNC(=S)Nc1ccc(Br)cc1. The van der Waals surface area contributed by atoms with Crippen molar-refractivity contribution in [3.8, 4) is 0 Å². The molecule has 2 nitrogen and oxygen atoms in total. The van der Waals surface area contributed by atoms with Crippen LogP contribution in [0.2, 0.25) is 0 Å². The molecule has 0 bridgehead atoms. The highest BCUT2D eigenvalue weighted by Crippen LogP contribution is 2.13. The van der Waals surface area contributed by atoms with Gasteiger partial charge in [0.15, 0.2) is 5.11 Å². The molecule has 1 rings (SSSR count). The third kappa shape index (κ3) is 4.95. The van der Waals surface area contributed by atoms with Crippen LogP contribution in [0.1, 0.15) is 6.92 Å². The van der Waals surface area contributed by atoms with Gasteiger partial charge < -0.3 is 10.6 Å². The third-order valence-corrected chi connectivity index (χ3v) is 2.43. The van der Waals surface area contributed by atoms with Crippen LogP contribution in [0.5, 0.6) is 0 Å². The van der Waals surface area contributed by atoms with Crippen molar-refractivity contribution >= 4 is 38.9 Å². The number of hydrogen-bond donors (Lipinski definition) is 2. The number of rotatable bonds is 3. The topological polar surface area (TPSA) is 24.1 Å². The Kier molecular flexibility index (Phi) is 4.78. The second kappa shape index (κ2) is 5.88. The number of benzene rings is 1. The molecule has 0 amide bonds. The van der Waals surface area contributed by atoms with Gasteiger partial charge in [0, 0.05) is 16.7 Å². The molecule has 0 radical (unpaired) electrons. The van der Waals surface area contributed by atoms with E-state index in [1.165, 1.54) is 0 Å². The minimum Gasteiger partial charge on any atom is -0.359 e. The maximum atomic E-state index is 5.11. The van der Waals surface area contributed by atoms with Crippen molar-refractivity contribution in [3.63, 3.8) is 0 Å². The van der Waals surface area contributed by atoms with Gasteiger partial charge in [-0.2, -0.15) is 0 Å². The predicted molar refractivity (Wildman–Crippen MR) is 73.2 cm³/mol. The van der Waals surface area contributed by atoms with Crippen molar-refractivity contribution in [2.24, 2.45) is 0 Å². The van der Waals surface area contributed by atoms with E-state index in [0.717, 1.165) is 15.7 Å². The van der Waals surface area contributed by atoms with E-state index in [4.69, 9.17) is 12.2 Å². The monoisotopic (exact) mass is 284 g/mol. The molecule has 0 heterocycles. The van der Waals surface area contributed by atoms with Gasteiger partial charge in [-0.05, 0) is 43.4 Å². The van der Waals surface area contributed by atoms with Gasteiger partial charge in [-0.3, -0.25) is 0 Å². The van der Waals surface area contributed by atoms with Gasteiger partial charge in [0.2, 0.25) is 0 Å². The number of thiocarbonyl (C=S) groups is 1. The van der Waals surface area contributed by atoms with E-state index in [0.29, 0.717) is 11.7 Å². The van der Waals surface area contributed by atoms with Crippen LogP contribution in [0, 0.1) is 0 Å². The molecule has 0 atom stereocenters. The summed E-state index contributed by atoms with van der Waals surface area (Å²) in [5, 5.41) is 6.75. The Morgan fingerprint density at radius 2 is 2.00 bits per heavy atom. The van der Waals surface area contributed by atoms with Crippen molar-refractivity contribution in [2.75, 3.05) is 11.9 Å². The lowest BCUT2D eigenvalue weighted by Gasteiger charge is -2.10. The summed E-state index contributed by atoms with van der Waals surface area (Å²) in [6, 6.07) is 7.84. The fraction of sp³-hybridized carbons (Fsp3) is 0.182. The average Bonchev–Trinajstić information content (AvgIpc) is 2.19. The molecule has 15 heavy (non-hydrogen) atoms. The molecule has 0 aliphatic rings.